The number of ether oxygens (including phenoxy) is 1. The highest BCUT2D eigenvalue weighted by Gasteiger charge is 2.25. The van der Waals surface area contributed by atoms with Gasteiger partial charge in [0.2, 0.25) is 0 Å². The molecule has 9 nitrogen and oxygen atoms in total. The zero-order valence-corrected chi connectivity index (χ0v) is 22.1. The summed E-state index contributed by atoms with van der Waals surface area (Å²) in [6.07, 6.45) is 1.17. The minimum atomic E-state index is -0.573. The number of anilines is 1. The van der Waals surface area contributed by atoms with Gasteiger partial charge in [0.05, 0.1) is 28.1 Å². The molecule has 0 spiro atoms. The lowest BCUT2D eigenvalue weighted by Gasteiger charge is -2.19. The van der Waals surface area contributed by atoms with Gasteiger partial charge in [0.25, 0.3) is 5.56 Å². The molecule has 10 heteroatoms. The molecule has 0 fully saturated rings. The molecule has 0 bridgehead atoms. The third-order valence-corrected chi connectivity index (χ3v) is 6.64. The van der Waals surface area contributed by atoms with Crippen molar-refractivity contribution < 1.29 is 9.13 Å². The summed E-state index contributed by atoms with van der Waals surface area (Å²) in [6.45, 7) is 5.54. The SMILES string of the molecule is CC(C)Oc1ccc(-c2nn([C@H](C)c3nc4ccccc4c(=O)n3-c3ccccc3)c3ncnc(N)c23)cc1F. The van der Waals surface area contributed by atoms with Gasteiger partial charge in [0.15, 0.2) is 17.2 Å². The topological polar surface area (TPSA) is 114 Å². The Kier molecular flexibility index (Phi) is 6.22. The number of hydrogen-bond acceptors (Lipinski definition) is 7. The lowest BCUT2D eigenvalue weighted by atomic mass is 10.1. The van der Waals surface area contributed by atoms with Crippen molar-refractivity contribution in [1.29, 1.82) is 0 Å². The fourth-order valence-corrected chi connectivity index (χ4v) is 4.83. The second kappa shape index (κ2) is 9.88. The van der Waals surface area contributed by atoms with Crippen LogP contribution in [0, 0.1) is 5.82 Å². The minimum absolute atomic E-state index is 0.146. The van der Waals surface area contributed by atoms with Crippen molar-refractivity contribution in [3.05, 3.63) is 101 Å². The molecular formula is C30H26FN7O2. The largest absolute Gasteiger partial charge is 0.488 e. The van der Waals surface area contributed by atoms with Gasteiger partial charge in [-0.25, -0.2) is 24.0 Å². The fourth-order valence-electron chi connectivity index (χ4n) is 4.83. The average Bonchev–Trinajstić information content (AvgIpc) is 3.35. The molecule has 3 heterocycles. The van der Waals surface area contributed by atoms with Crippen LogP contribution in [-0.4, -0.2) is 35.4 Å². The van der Waals surface area contributed by atoms with Crippen LogP contribution in [0.3, 0.4) is 0 Å². The van der Waals surface area contributed by atoms with Crippen molar-refractivity contribution >= 4 is 27.8 Å². The lowest BCUT2D eigenvalue weighted by Crippen LogP contribution is -2.27. The summed E-state index contributed by atoms with van der Waals surface area (Å²) in [5.74, 6) is 0.280. The summed E-state index contributed by atoms with van der Waals surface area (Å²) in [4.78, 5) is 27.3. The zero-order chi connectivity index (χ0) is 28.0. The van der Waals surface area contributed by atoms with Gasteiger partial charge in [-0.1, -0.05) is 30.3 Å². The Morgan fingerprint density at radius 2 is 1.70 bits per heavy atom. The Labute approximate surface area is 228 Å². The van der Waals surface area contributed by atoms with Gasteiger partial charge in [-0.2, -0.15) is 5.10 Å². The second-order valence-electron chi connectivity index (χ2n) is 9.70. The number of benzene rings is 3. The molecule has 6 rings (SSSR count). The maximum absolute atomic E-state index is 15.0. The highest BCUT2D eigenvalue weighted by Crippen LogP contribution is 2.35. The quantitative estimate of drug-likeness (QED) is 0.307. The summed E-state index contributed by atoms with van der Waals surface area (Å²) in [5.41, 5.74) is 8.66. The Hall–Kier alpha value is -5.12. The highest BCUT2D eigenvalue weighted by atomic mass is 19.1. The Morgan fingerprint density at radius 1 is 0.950 bits per heavy atom. The average molecular weight is 536 g/mol. The number of nitrogens with two attached hydrogens (primary N) is 1. The molecule has 0 saturated carbocycles. The molecule has 0 radical (unpaired) electrons. The number of rotatable bonds is 6. The van der Waals surface area contributed by atoms with Crippen molar-refractivity contribution in [2.75, 3.05) is 5.73 Å². The summed E-state index contributed by atoms with van der Waals surface area (Å²) in [6, 6.07) is 20.6. The number of nitrogens with zero attached hydrogens (tertiary/aromatic N) is 6. The van der Waals surface area contributed by atoms with Gasteiger partial charge >= 0.3 is 0 Å². The van der Waals surface area contributed by atoms with Gasteiger partial charge in [-0.3, -0.25) is 9.36 Å². The van der Waals surface area contributed by atoms with Crippen LogP contribution in [0.2, 0.25) is 0 Å². The lowest BCUT2D eigenvalue weighted by molar-refractivity contribution is 0.231. The van der Waals surface area contributed by atoms with Gasteiger partial charge in [0, 0.05) is 5.56 Å². The minimum Gasteiger partial charge on any atom is -0.488 e. The zero-order valence-electron chi connectivity index (χ0n) is 22.1. The normalized spacial score (nSPS) is 12.3. The predicted molar refractivity (Wildman–Crippen MR) is 152 cm³/mol. The van der Waals surface area contributed by atoms with Crippen LogP contribution >= 0.6 is 0 Å². The first-order valence-corrected chi connectivity index (χ1v) is 12.9. The van der Waals surface area contributed by atoms with E-state index in [0.29, 0.717) is 44.7 Å². The van der Waals surface area contributed by atoms with Gasteiger partial charge in [-0.15, -0.1) is 0 Å². The third-order valence-electron chi connectivity index (χ3n) is 6.64. The molecule has 40 heavy (non-hydrogen) atoms. The van der Waals surface area contributed by atoms with Gasteiger partial charge in [0.1, 0.15) is 29.7 Å². The number of hydrogen-bond donors (Lipinski definition) is 1. The van der Waals surface area contributed by atoms with E-state index >= 15 is 0 Å². The number of fused-ring (bicyclic) bond motifs is 2. The Bertz CT molecular complexity index is 1930. The van der Waals surface area contributed by atoms with E-state index < -0.39 is 11.9 Å². The van der Waals surface area contributed by atoms with E-state index in [0.717, 1.165) is 0 Å². The van der Waals surface area contributed by atoms with E-state index in [9.17, 15) is 9.18 Å². The molecule has 3 aromatic heterocycles. The molecule has 0 aliphatic rings. The molecule has 0 amide bonds. The summed E-state index contributed by atoms with van der Waals surface area (Å²) < 4.78 is 23.8. The van der Waals surface area contributed by atoms with Crippen LogP contribution in [0.1, 0.15) is 32.6 Å². The van der Waals surface area contributed by atoms with Crippen molar-refractivity contribution in [1.82, 2.24) is 29.3 Å². The molecular weight excluding hydrogens is 509 g/mol. The maximum Gasteiger partial charge on any atom is 0.266 e. The molecule has 200 valence electrons. The van der Waals surface area contributed by atoms with Crippen LogP contribution in [0.15, 0.2) is 83.9 Å². The molecule has 3 aromatic carbocycles. The van der Waals surface area contributed by atoms with E-state index in [1.54, 1.807) is 33.5 Å². The van der Waals surface area contributed by atoms with E-state index in [1.165, 1.54) is 12.4 Å². The van der Waals surface area contributed by atoms with E-state index in [-0.39, 0.29) is 23.2 Å². The van der Waals surface area contributed by atoms with E-state index in [1.807, 2.05) is 63.2 Å². The van der Waals surface area contributed by atoms with Gasteiger partial charge in [-0.05, 0) is 63.2 Å². The Balaban J connectivity index is 1.58. The molecule has 2 N–H and O–H groups in total. The molecule has 1 atom stereocenters. The van der Waals surface area contributed by atoms with Crippen LogP contribution in [0.25, 0.3) is 38.9 Å². The summed E-state index contributed by atoms with van der Waals surface area (Å²) in [5, 5.41) is 5.82. The van der Waals surface area contributed by atoms with Crippen molar-refractivity contribution in [3.8, 4) is 22.7 Å². The molecule has 6 aromatic rings. The maximum atomic E-state index is 15.0. The first-order chi connectivity index (χ1) is 19.3. The number of nitrogen functional groups attached to an aromatic ring is 1. The first kappa shape index (κ1) is 25.2. The van der Waals surface area contributed by atoms with Crippen LogP contribution in [0.5, 0.6) is 5.75 Å². The molecule has 0 aliphatic heterocycles. The number of aromatic nitrogens is 6. The predicted octanol–water partition coefficient (Wildman–Crippen LogP) is 5.31. The monoisotopic (exact) mass is 535 g/mol. The van der Waals surface area contributed by atoms with E-state index in [4.69, 9.17) is 20.6 Å². The molecule has 0 aliphatic carbocycles. The number of para-hydroxylation sites is 2. The second-order valence-corrected chi connectivity index (χ2v) is 9.70. The van der Waals surface area contributed by atoms with Gasteiger partial charge < -0.3 is 10.5 Å². The first-order valence-electron chi connectivity index (χ1n) is 12.9. The Morgan fingerprint density at radius 3 is 2.45 bits per heavy atom. The smallest absolute Gasteiger partial charge is 0.266 e. The molecule has 0 unspecified atom stereocenters. The standard InChI is InChI=1S/C30H26FN7O2/c1-17(2)40-24-14-13-19(15-22(24)31)26-25-27(32)33-16-34-29(25)38(36-26)18(3)28-35-23-12-8-7-11-21(23)30(39)37(28)20-9-5-4-6-10-20/h4-18H,1-3H3,(H2,32,33,34)/t18-/m1/s1. The fraction of sp³-hybridized carbons (Fsp3) is 0.167. The third kappa shape index (κ3) is 4.23. The van der Waals surface area contributed by atoms with Crippen molar-refractivity contribution in [2.24, 2.45) is 0 Å². The number of halogens is 1. The highest BCUT2D eigenvalue weighted by molar-refractivity contribution is 5.98. The van der Waals surface area contributed by atoms with Crippen molar-refractivity contribution in [2.45, 2.75) is 32.9 Å². The van der Waals surface area contributed by atoms with E-state index in [2.05, 4.69) is 9.97 Å². The van der Waals surface area contributed by atoms with Crippen LogP contribution < -0.4 is 16.0 Å². The molecule has 0 saturated heterocycles. The summed E-state index contributed by atoms with van der Waals surface area (Å²) >= 11 is 0. The van der Waals surface area contributed by atoms with Crippen LogP contribution in [0.4, 0.5) is 10.2 Å². The van der Waals surface area contributed by atoms with Crippen LogP contribution in [-0.2, 0) is 0 Å². The van der Waals surface area contributed by atoms with Crippen molar-refractivity contribution in [3.63, 3.8) is 0 Å². The summed E-state index contributed by atoms with van der Waals surface area (Å²) in [7, 11) is 0.